The van der Waals surface area contributed by atoms with Gasteiger partial charge < -0.3 is 5.11 Å². The van der Waals surface area contributed by atoms with Gasteiger partial charge in [-0.25, -0.2) is 4.79 Å². The lowest BCUT2D eigenvalue weighted by Gasteiger charge is -1.98. The Morgan fingerprint density at radius 3 is 2.60 bits per heavy atom. The second-order valence-corrected chi connectivity index (χ2v) is 3.74. The van der Waals surface area contributed by atoms with E-state index in [2.05, 4.69) is 10.2 Å². The molecule has 0 bridgehead atoms. The van der Waals surface area contributed by atoms with E-state index in [4.69, 9.17) is 39.9 Å². The first-order valence-corrected chi connectivity index (χ1v) is 4.92. The van der Waals surface area contributed by atoms with Crippen LogP contribution in [0.4, 0.5) is 5.69 Å². The van der Waals surface area contributed by atoms with Crippen LogP contribution < -0.4 is 0 Å². The molecule has 80 valence electrons. The van der Waals surface area contributed by atoms with Crippen LogP contribution in [0.15, 0.2) is 28.4 Å². The van der Waals surface area contributed by atoms with Crippen LogP contribution in [0, 0.1) is 0 Å². The molecule has 0 fully saturated rings. The SMILES string of the molecule is O=C(O)C(Cl)N=Nc1ccc(Cl)cc1Cl. The minimum atomic E-state index is -1.42. The Morgan fingerprint density at radius 2 is 2.07 bits per heavy atom. The van der Waals surface area contributed by atoms with Gasteiger partial charge in [0.15, 0.2) is 0 Å². The van der Waals surface area contributed by atoms with Crippen molar-refractivity contribution in [3.63, 3.8) is 0 Å². The van der Waals surface area contributed by atoms with Crippen LogP contribution in [-0.2, 0) is 4.79 Å². The van der Waals surface area contributed by atoms with Crippen molar-refractivity contribution in [2.45, 2.75) is 5.50 Å². The fraction of sp³-hybridized carbons (Fsp3) is 0.125. The van der Waals surface area contributed by atoms with Crippen molar-refractivity contribution in [2.24, 2.45) is 10.2 Å². The molecule has 0 saturated heterocycles. The number of halogens is 3. The van der Waals surface area contributed by atoms with Gasteiger partial charge in [-0.15, -0.1) is 0 Å². The minimum Gasteiger partial charge on any atom is -0.479 e. The van der Waals surface area contributed by atoms with Gasteiger partial charge in [-0.2, -0.15) is 10.2 Å². The number of rotatable bonds is 3. The highest BCUT2D eigenvalue weighted by Gasteiger charge is 2.11. The minimum absolute atomic E-state index is 0.278. The highest BCUT2D eigenvalue weighted by atomic mass is 35.5. The third-order valence-electron chi connectivity index (χ3n) is 1.38. The maximum Gasteiger partial charge on any atom is 0.345 e. The van der Waals surface area contributed by atoms with Crippen molar-refractivity contribution < 1.29 is 9.90 Å². The molecule has 4 nitrogen and oxygen atoms in total. The molecule has 1 rings (SSSR count). The van der Waals surface area contributed by atoms with E-state index in [9.17, 15) is 4.79 Å². The standard InChI is InChI=1S/C8H5Cl3N2O2/c9-4-1-2-6(5(10)3-4)12-13-7(11)8(14)15/h1-3,7H,(H,14,15). The van der Waals surface area contributed by atoms with Gasteiger partial charge in [0.1, 0.15) is 5.69 Å². The lowest BCUT2D eigenvalue weighted by atomic mass is 10.3. The molecule has 7 heteroatoms. The first-order valence-electron chi connectivity index (χ1n) is 3.73. The number of carboxylic acid groups (broad SMARTS) is 1. The van der Waals surface area contributed by atoms with Crippen LogP contribution in [0.5, 0.6) is 0 Å². The largest absolute Gasteiger partial charge is 0.479 e. The summed E-state index contributed by atoms with van der Waals surface area (Å²) in [6, 6.07) is 4.55. The van der Waals surface area contributed by atoms with E-state index in [-0.39, 0.29) is 5.02 Å². The van der Waals surface area contributed by atoms with Crippen molar-refractivity contribution >= 4 is 46.5 Å². The molecule has 0 aliphatic carbocycles. The van der Waals surface area contributed by atoms with Gasteiger partial charge in [0.05, 0.1) is 5.02 Å². The molecule has 0 aliphatic heterocycles. The normalized spacial score (nSPS) is 13.0. The highest BCUT2D eigenvalue weighted by molar-refractivity contribution is 6.36. The molecule has 0 spiro atoms. The molecule has 1 aromatic rings. The maximum absolute atomic E-state index is 10.3. The van der Waals surface area contributed by atoms with Crippen LogP contribution in [0.2, 0.25) is 10.0 Å². The predicted octanol–water partition coefficient (Wildman–Crippen LogP) is 3.73. The summed E-state index contributed by atoms with van der Waals surface area (Å²) in [7, 11) is 0. The van der Waals surface area contributed by atoms with Crippen molar-refractivity contribution in [3.05, 3.63) is 28.2 Å². The molecular weight excluding hydrogens is 262 g/mol. The number of aliphatic carboxylic acids is 1. The van der Waals surface area contributed by atoms with E-state index < -0.39 is 11.5 Å². The van der Waals surface area contributed by atoms with Gasteiger partial charge in [-0.05, 0) is 18.2 Å². The molecule has 0 radical (unpaired) electrons. The van der Waals surface area contributed by atoms with Crippen molar-refractivity contribution in [3.8, 4) is 0 Å². The topological polar surface area (TPSA) is 62.0 Å². The Labute approximate surface area is 100 Å². The summed E-state index contributed by atoms with van der Waals surface area (Å²) >= 11 is 16.7. The van der Waals surface area contributed by atoms with Crippen molar-refractivity contribution in [1.29, 1.82) is 0 Å². The van der Waals surface area contributed by atoms with E-state index in [0.29, 0.717) is 10.7 Å². The Hall–Kier alpha value is -0.840. The lowest BCUT2D eigenvalue weighted by Crippen LogP contribution is -2.08. The quantitative estimate of drug-likeness (QED) is 0.515. The first-order chi connectivity index (χ1) is 7.00. The summed E-state index contributed by atoms with van der Waals surface area (Å²) in [6.07, 6.45) is 0. The zero-order valence-corrected chi connectivity index (χ0v) is 9.46. The average Bonchev–Trinajstić information content (AvgIpc) is 2.15. The zero-order chi connectivity index (χ0) is 11.4. The maximum atomic E-state index is 10.3. The van der Waals surface area contributed by atoms with Crippen LogP contribution in [0.25, 0.3) is 0 Å². The molecule has 0 aromatic heterocycles. The van der Waals surface area contributed by atoms with Gasteiger partial charge in [0.25, 0.3) is 0 Å². The fourth-order valence-electron chi connectivity index (χ4n) is 0.725. The van der Waals surface area contributed by atoms with E-state index in [1.165, 1.54) is 12.1 Å². The van der Waals surface area contributed by atoms with E-state index in [1.54, 1.807) is 6.07 Å². The van der Waals surface area contributed by atoms with Crippen molar-refractivity contribution in [1.82, 2.24) is 0 Å². The molecule has 0 aliphatic rings. The van der Waals surface area contributed by atoms with Crippen LogP contribution in [0.1, 0.15) is 0 Å². The number of nitrogens with zero attached hydrogens (tertiary/aromatic N) is 2. The highest BCUT2D eigenvalue weighted by Crippen LogP contribution is 2.28. The van der Waals surface area contributed by atoms with E-state index in [1.807, 2.05) is 0 Å². The number of hydrogen-bond donors (Lipinski definition) is 1. The lowest BCUT2D eigenvalue weighted by molar-refractivity contribution is -0.136. The second-order valence-electron chi connectivity index (χ2n) is 2.49. The Morgan fingerprint density at radius 1 is 1.40 bits per heavy atom. The molecule has 0 heterocycles. The van der Waals surface area contributed by atoms with Gasteiger partial charge in [0, 0.05) is 5.02 Å². The fourth-order valence-corrected chi connectivity index (χ4v) is 1.21. The number of hydrogen-bond acceptors (Lipinski definition) is 3. The average molecular weight is 267 g/mol. The number of benzene rings is 1. The molecule has 0 amide bonds. The first kappa shape index (κ1) is 12.2. The summed E-state index contributed by atoms with van der Waals surface area (Å²) in [4.78, 5) is 10.3. The molecule has 1 aromatic carbocycles. The molecule has 1 unspecified atom stereocenters. The predicted molar refractivity (Wildman–Crippen MR) is 58.3 cm³/mol. The summed E-state index contributed by atoms with van der Waals surface area (Å²) in [6.45, 7) is 0. The van der Waals surface area contributed by atoms with Crippen molar-refractivity contribution in [2.75, 3.05) is 0 Å². The van der Waals surface area contributed by atoms with Gasteiger partial charge in [-0.3, -0.25) is 0 Å². The Balaban J connectivity index is 2.85. The van der Waals surface area contributed by atoms with Gasteiger partial charge in [0.2, 0.25) is 5.50 Å². The summed E-state index contributed by atoms with van der Waals surface area (Å²) < 4.78 is 0. The molecule has 0 saturated carbocycles. The van der Waals surface area contributed by atoms with Crippen LogP contribution in [-0.4, -0.2) is 16.6 Å². The zero-order valence-electron chi connectivity index (χ0n) is 7.19. The Bertz CT molecular complexity index is 409. The number of carbonyl (C=O) groups is 1. The third kappa shape index (κ3) is 3.66. The molecule has 1 atom stereocenters. The monoisotopic (exact) mass is 266 g/mol. The van der Waals surface area contributed by atoms with E-state index in [0.717, 1.165) is 0 Å². The van der Waals surface area contributed by atoms with E-state index >= 15 is 0 Å². The third-order valence-corrected chi connectivity index (χ3v) is 2.19. The molecular formula is C8H5Cl3N2O2. The second kappa shape index (κ2) is 5.30. The van der Waals surface area contributed by atoms with Crippen LogP contribution >= 0.6 is 34.8 Å². The number of azo groups is 1. The smallest absolute Gasteiger partial charge is 0.345 e. The summed E-state index contributed by atoms with van der Waals surface area (Å²) in [5, 5.41) is 16.1. The number of carboxylic acids is 1. The van der Waals surface area contributed by atoms with Crippen LogP contribution in [0.3, 0.4) is 0 Å². The summed E-state index contributed by atoms with van der Waals surface area (Å²) in [5.74, 6) is -1.27. The summed E-state index contributed by atoms with van der Waals surface area (Å²) in [5.41, 5.74) is -1.11. The number of alkyl halides is 1. The Kier molecular flexibility index (Phi) is 4.32. The molecule has 15 heavy (non-hydrogen) atoms. The molecule has 1 N–H and O–H groups in total. The van der Waals surface area contributed by atoms with Gasteiger partial charge >= 0.3 is 5.97 Å². The van der Waals surface area contributed by atoms with Gasteiger partial charge in [-0.1, -0.05) is 34.8 Å².